The average molecular weight is 651 g/mol. The molecule has 2 aromatic heterocycles. The Hall–Kier alpha value is -6.84. The van der Waals surface area contributed by atoms with Crippen molar-refractivity contribution in [3.8, 4) is 56.2 Å². The number of rotatable bonds is 5. The fourth-order valence-electron chi connectivity index (χ4n) is 7.29. The molecule has 0 aliphatic heterocycles. The molecule has 0 spiro atoms. The monoisotopic (exact) mass is 650 g/mol. The molecule has 0 aliphatic rings. The predicted octanol–water partition coefficient (Wildman–Crippen LogP) is 13.0. The van der Waals surface area contributed by atoms with E-state index in [0.717, 1.165) is 77.7 Å². The van der Waals surface area contributed by atoms with Gasteiger partial charge in [-0.3, -0.25) is 0 Å². The lowest BCUT2D eigenvalue weighted by molar-refractivity contribution is 0.669. The topological polar surface area (TPSA) is 38.9 Å². The first kappa shape index (κ1) is 29.1. The van der Waals surface area contributed by atoms with Crippen molar-refractivity contribution in [3.05, 3.63) is 182 Å². The molecule has 0 bridgehead atoms. The van der Waals surface area contributed by atoms with E-state index in [1.54, 1.807) is 0 Å². The molecule has 238 valence electrons. The van der Waals surface area contributed by atoms with Crippen LogP contribution in [-0.4, -0.2) is 9.97 Å². The van der Waals surface area contributed by atoms with Gasteiger partial charge in [0, 0.05) is 27.5 Å². The second-order valence-electron chi connectivity index (χ2n) is 13.0. The normalized spacial score (nSPS) is 11.5. The van der Waals surface area contributed by atoms with Crippen LogP contribution in [0, 0.1) is 0 Å². The summed E-state index contributed by atoms with van der Waals surface area (Å²) >= 11 is 0. The molecule has 0 aliphatic carbocycles. The van der Waals surface area contributed by atoms with Crippen molar-refractivity contribution < 1.29 is 4.42 Å². The van der Waals surface area contributed by atoms with Gasteiger partial charge in [-0.2, -0.15) is 0 Å². The quantitative estimate of drug-likeness (QED) is 0.186. The summed E-state index contributed by atoms with van der Waals surface area (Å²) in [4.78, 5) is 10.5. The van der Waals surface area contributed by atoms with Crippen LogP contribution in [0.15, 0.2) is 186 Å². The summed E-state index contributed by atoms with van der Waals surface area (Å²) in [6.45, 7) is 0. The van der Waals surface area contributed by atoms with Gasteiger partial charge < -0.3 is 4.42 Å². The molecule has 2 heterocycles. The van der Waals surface area contributed by atoms with Crippen LogP contribution in [0.4, 0.5) is 0 Å². The van der Waals surface area contributed by atoms with E-state index in [0.29, 0.717) is 5.82 Å². The van der Waals surface area contributed by atoms with Crippen LogP contribution in [-0.2, 0) is 0 Å². The number of hydrogen-bond acceptors (Lipinski definition) is 3. The highest BCUT2D eigenvalue weighted by atomic mass is 16.3. The molecular weight excluding hydrogens is 621 g/mol. The van der Waals surface area contributed by atoms with Gasteiger partial charge in [-0.25, -0.2) is 9.97 Å². The van der Waals surface area contributed by atoms with E-state index in [9.17, 15) is 0 Å². The minimum Gasteiger partial charge on any atom is -0.456 e. The first-order chi connectivity index (χ1) is 25.2. The zero-order chi connectivity index (χ0) is 33.7. The lowest BCUT2D eigenvalue weighted by Gasteiger charge is -2.14. The van der Waals surface area contributed by atoms with Crippen molar-refractivity contribution in [1.29, 1.82) is 0 Å². The van der Waals surface area contributed by atoms with E-state index < -0.39 is 0 Å². The second-order valence-corrected chi connectivity index (χ2v) is 13.0. The molecule has 0 saturated heterocycles. The Morgan fingerprint density at radius 1 is 0.333 bits per heavy atom. The molecule has 0 fully saturated rings. The third kappa shape index (κ3) is 5.24. The molecule has 0 atom stereocenters. The fraction of sp³-hybridized carbons (Fsp3) is 0. The summed E-state index contributed by atoms with van der Waals surface area (Å²) in [5, 5.41) is 6.94. The van der Waals surface area contributed by atoms with Gasteiger partial charge >= 0.3 is 0 Å². The summed E-state index contributed by atoms with van der Waals surface area (Å²) in [5.41, 5.74) is 11.0. The van der Waals surface area contributed by atoms with Crippen LogP contribution in [0.1, 0.15) is 0 Å². The molecule has 0 saturated carbocycles. The highest BCUT2D eigenvalue weighted by molar-refractivity contribution is 6.12. The molecule has 0 unspecified atom stereocenters. The number of para-hydroxylation sites is 1. The molecule has 0 amide bonds. The first-order valence-corrected chi connectivity index (χ1v) is 17.2. The lowest BCUT2D eigenvalue weighted by Crippen LogP contribution is -1.97. The largest absolute Gasteiger partial charge is 0.456 e. The zero-order valence-electron chi connectivity index (χ0n) is 27.6. The molecule has 3 heteroatoms. The van der Waals surface area contributed by atoms with Crippen LogP contribution >= 0.6 is 0 Å². The second kappa shape index (κ2) is 11.9. The van der Waals surface area contributed by atoms with Crippen molar-refractivity contribution in [1.82, 2.24) is 9.97 Å². The van der Waals surface area contributed by atoms with Gasteiger partial charge in [0.1, 0.15) is 11.2 Å². The molecule has 0 N–H and O–H groups in total. The van der Waals surface area contributed by atoms with E-state index in [2.05, 4.69) is 170 Å². The number of benzene rings is 8. The summed E-state index contributed by atoms with van der Waals surface area (Å²) in [7, 11) is 0. The summed E-state index contributed by atoms with van der Waals surface area (Å²) in [6.07, 6.45) is 0. The van der Waals surface area contributed by atoms with Crippen LogP contribution in [0.25, 0.3) is 99.6 Å². The Kier molecular flexibility index (Phi) is 6.81. The van der Waals surface area contributed by atoms with Crippen molar-refractivity contribution in [2.75, 3.05) is 0 Å². The summed E-state index contributed by atoms with van der Waals surface area (Å²) in [5.74, 6) is 0.691. The standard InChI is InChI=1S/C48H30N2O/c1-2-11-31(12-3-1)38-27-39(41-18-10-20-46-47(41)42-17-8-9-19-45(42)51-46)29-40(28-38)44-30-43(36-23-21-32-13-4-6-15-34(32)25-36)49-48(50-44)37-24-22-33-14-5-7-16-35(33)26-37/h1-30H. The van der Waals surface area contributed by atoms with E-state index in [1.807, 2.05) is 12.1 Å². The van der Waals surface area contributed by atoms with E-state index in [4.69, 9.17) is 14.4 Å². The maximum absolute atomic E-state index is 6.31. The lowest BCUT2D eigenvalue weighted by atomic mass is 9.92. The van der Waals surface area contributed by atoms with E-state index >= 15 is 0 Å². The minimum absolute atomic E-state index is 0.691. The average Bonchev–Trinajstić information content (AvgIpc) is 3.59. The van der Waals surface area contributed by atoms with Crippen molar-refractivity contribution in [2.24, 2.45) is 0 Å². The Bertz CT molecular complexity index is 2830. The molecule has 10 aromatic rings. The van der Waals surface area contributed by atoms with E-state index in [-0.39, 0.29) is 0 Å². The minimum atomic E-state index is 0.691. The van der Waals surface area contributed by atoms with Crippen molar-refractivity contribution in [3.63, 3.8) is 0 Å². The van der Waals surface area contributed by atoms with Crippen LogP contribution in [0.5, 0.6) is 0 Å². The number of aromatic nitrogens is 2. The summed E-state index contributed by atoms with van der Waals surface area (Å²) in [6, 6.07) is 64.0. The Morgan fingerprint density at radius 2 is 0.922 bits per heavy atom. The summed E-state index contributed by atoms with van der Waals surface area (Å²) < 4.78 is 6.31. The number of furan rings is 1. The Morgan fingerprint density at radius 3 is 1.71 bits per heavy atom. The highest BCUT2D eigenvalue weighted by Gasteiger charge is 2.17. The highest BCUT2D eigenvalue weighted by Crippen LogP contribution is 2.40. The van der Waals surface area contributed by atoms with Gasteiger partial charge in [-0.05, 0) is 92.3 Å². The van der Waals surface area contributed by atoms with Gasteiger partial charge in [0.25, 0.3) is 0 Å². The fourth-order valence-corrected chi connectivity index (χ4v) is 7.29. The molecular formula is C48H30N2O. The van der Waals surface area contributed by atoms with Crippen LogP contribution in [0.2, 0.25) is 0 Å². The molecule has 0 radical (unpaired) electrons. The maximum atomic E-state index is 6.31. The molecule has 3 nitrogen and oxygen atoms in total. The van der Waals surface area contributed by atoms with Gasteiger partial charge in [0.15, 0.2) is 5.82 Å². The molecule has 8 aromatic carbocycles. The van der Waals surface area contributed by atoms with Gasteiger partial charge in [0.2, 0.25) is 0 Å². The third-order valence-corrected chi connectivity index (χ3v) is 9.83. The van der Waals surface area contributed by atoms with Gasteiger partial charge in [-0.1, -0.05) is 133 Å². The van der Waals surface area contributed by atoms with Crippen LogP contribution < -0.4 is 0 Å². The molecule has 10 rings (SSSR count). The smallest absolute Gasteiger partial charge is 0.160 e. The zero-order valence-corrected chi connectivity index (χ0v) is 27.6. The maximum Gasteiger partial charge on any atom is 0.160 e. The van der Waals surface area contributed by atoms with Crippen molar-refractivity contribution in [2.45, 2.75) is 0 Å². The van der Waals surface area contributed by atoms with Gasteiger partial charge in [-0.15, -0.1) is 0 Å². The Labute approximate surface area is 295 Å². The first-order valence-electron chi connectivity index (χ1n) is 17.2. The number of nitrogens with zero attached hydrogens (tertiary/aromatic N) is 2. The van der Waals surface area contributed by atoms with Crippen molar-refractivity contribution >= 4 is 43.5 Å². The van der Waals surface area contributed by atoms with E-state index in [1.165, 1.54) is 16.2 Å². The number of hydrogen-bond donors (Lipinski definition) is 0. The SMILES string of the molecule is c1ccc(-c2cc(-c3cc(-c4ccc5ccccc5c4)nc(-c4ccc5ccccc5c4)n3)cc(-c3cccc4oc5ccccc5c34)c2)cc1. The van der Waals surface area contributed by atoms with Gasteiger partial charge in [0.05, 0.1) is 11.4 Å². The predicted molar refractivity (Wildman–Crippen MR) is 212 cm³/mol. The number of fused-ring (bicyclic) bond motifs is 5. The van der Waals surface area contributed by atoms with Crippen LogP contribution in [0.3, 0.4) is 0 Å². The third-order valence-electron chi connectivity index (χ3n) is 9.83. The Balaban J connectivity index is 1.23. The molecule has 51 heavy (non-hydrogen) atoms.